The summed E-state index contributed by atoms with van der Waals surface area (Å²) in [7, 11) is 1.60. The van der Waals surface area contributed by atoms with Gasteiger partial charge in [0.2, 0.25) is 0 Å². The third-order valence-corrected chi connectivity index (χ3v) is 4.35. The van der Waals surface area contributed by atoms with Crippen LogP contribution < -0.4 is 21.0 Å². The van der Waals surface area contributed by atoms with Crippen molar-refractivity contribution >= 4 is 29.0 Å². The highest BCUT2D eigenvalue weighted by Gasteiger charge is 2.12. The molecule has 0 amide bonds. The fourth-order valence-electron chi connectivity index (χ4n) is 2.66. The van der Waals surface area contributed by atoms with Gasteiger partial charge in [0.1, 0.15) is 5.02 Å². The number of hydrogen-bond donors (Lipinski definition) is 2. The van der Waals surface area contributed by atoms with Crippen molar-refractivity contribution in [2.45, 2.75) is 26.4 Å². The molecule has 1 heterocycles. The molecule has 0 spiro atoms. The first-order chi connectivity index (χ1) is 13.9. The Morgan fingerprint density at radius 2 is 1.86 bits per heavy atom. The molecule has 0 saturated heterocycles. The quantitative estimate of drug-likeness (QED) is 0.564. The molecule has 0 radical (unpaired) electrons. The fourth-order valence-corrected chi connectivity index (χ4v) is 2.81. The van der Waals surface area contributed by atoms with Gasteiger partial charge in [-0.05, 0) is 43.7 Å². The van der Waals surface area contributed by atoms with Crippen LogP contribution in [0.3, 0.4) is 0 Å². The maximum atomic E-state index is 14.1. The molecule has 29 heavy (non-hydrogen) atoms. The highest BCUT2D eigenvalue weighted by Crippen LogP contribution is 2.25. The average molecular weight is 418 g/mol. The van der Waals surface area contributed by atoms with E-state index >= 15 is 0 Å². The number of aromatic nitrogens is 1. The molecule has 3 rings (SSSR count). The molecule has 0 unspecified atom stereocenters. The lowest BCUT2D eigenvalue weighted by atomic mass is 10.1. The maximum absolute atomic E-state index is 14.1. The second-order valence-corrected chi connectivity index (χ2v) is 7.01. The zero-order valence-electron chi connectivity index (χ0n) is 16.3. The Morgan fingerprint density at radius 3 is 2.48 bits per heavy atom. The number of anilines is 3. The topological polar surface area (TPSA) is 76.4 Å². The molecular formula is C21H21ClFN3O3. The van der Waals surface area contributed by atoms with Gasteiger partial charge in [-0.25, -0.2) is 9.18 Å². The van der Waals surface area contributed by atoms with E-state index in [1.165, 1.54) is 6.07 Å². The molecule has 1 aromatic heterocycles. The molecule has 3 aromatic rings. The van der Waals surface area contributed by atoms with Gasteiger partial charge in [-0.3, -0.25) is 0 Å². The van der Waals surface area contributed by atoms with Crippen LogP contribution in [0.4, 0.5) is 21.8 Å². The lowest BCUT2D eigenvalue weighted by Crippen LogP contribution is -2.09. The normalized spacial score (nSPS) is 10.8. The summed E-state index contributed by atoms with van der Waals surface area (Å²) < 4.78 is 24.4. The summed E-state index contributed by atoms with van der Waals surface area (Å²) in [6, 6.07) is 12.3. The highest BCUT2D eigenvalue weighted by atomic mass is 35.5. The van der Waals surface area contributed by atoms with Crippen LogP contribution in [0.25, 0.3) is 0 Å². The number of halogens is 2. The molecule has 8 heteroatoms. The summed E-state index contributed by atoms with van der Waals surface area (Å²) in [5.74, 6) is -0.206. The van der Waals surface area contributed by atoms with Crippen LogP contribution in [0.5, 0.6) is 5.75 Å². The van der Waals surface area contributed by atoms with Crippen LogP contribution in [0.1, 0.15) is 25.1 Å². The highest BCUT2D eigenvalue weighted by molar-refractivity contribution is 6.31. The number of nitrogens with zero attached hydrogens (tertiary/aromatic N) is 1. The molecule has 0 aliphatic heterocycles. The Hall–Kier alpha value is -3.06. The van der Waals surface area contributed by atoms with Crippen LogP contribution in [-0.2, 0) is 6.42 Å². The van der Waals surface area contributed by atoms with Crippen LogP contribution in [0.15, 0.2) is 51.7 Å². The number of hydrogen-bond acceptors (Lipinski definition) is 6. The smallest absolute Gasteiger partial charge is 0.359 e. The van der Waals surface area contributed by atoms with Crippen molar-refractivity contribution < 1.29 is 13.5 Å². The Morgan fingerprint density at radius 1 is 1.17 bits per heavy atom. The van der Waals surface area contributed by atoms with E-state index < -0.39 is 11.4 Å². The van der Waals surface area contributed by atoms with Crippen LogP contribution in [0.2, 0.25) is 5.02 Å². The fraction of sp³-hybridized carbons (Fsp3) is 0.238. The van der Waals surface area contributed by atoms with E-state index in [1.807, 2.05) is 38.1 Å². The minimum absolute atomic E-state index is 0.0367. The summed E-state index contributed by atoms with van der Waals surface area (Å²) in [6.45, 7) is 3.69. The minimum atomic E-state index is -0.633. The first-order valence-corrected chi connectivity index (χ1v) is 9.43. The Kier molecular flexibility index (Phi) is 6.39. The van der Waals surface area contributed by atoms with E-state index in [1.54, 1.807) is 19.2 Å². The lowest BCUT2D eigenvalue weighted by molar-refractivity contribution is 0.231. The summed E-state index contributed by atoms with van der Waals surface area (Å²) >= 11 is 6.02. The van der Waals surface area contributed by atoms with Gasteiger partial charge in [-0.15, -0.1) is 0 Å². The zero-order valence-corrected chi connectivity index (χ0v) is 17.0. The molecule has 0 bridgehead atoms. The summed E-state index contributed by atoms with van der Waals surface area (Å²) in [5.41, 5.74) is 2.09. The van der Waals surface area contributed by atoms with E-state index in [4.69, 9.17) is 20.8 Å². The first-order valence-electron chi connectivity index (χ1n) is 9.05. The lowest BCUT2D eigenvalue weighted by Gasteiger charge is -2.12. The van der Waals surface area contributed by atoms with Crippen LogP contribution in [-0.4, -0.2) is 18.1 Å². The molecule has 0 fully saturated rings. The Balaban J connectivity index is 1.72. The van der Waals surface area contributed by atoms with Gasteiger partial charge in [0.15, 0.2) is 11.6 Å². The van der Waals surface area contributed by atoms with E-state index in [-0.39, 0.29) is 22.9 Å². The number of nitrogens with one attached hydrogen (secondary N) is 2. The largest absolute Gasteiger partial charge is 0.488 e. The van der Waals surface area contributed by atoms with Crippen molar-refractivity contribution in [3.05, 3.63) is 75.0 Å². The average Bonchev–Trinajstić information content (AvgIpc) is 2.68. The Labute approximate surface area is 172 Å². The molecule has 0 aliphatic rings. The third-order valence-electron chi connectivity index (χ3n) is 3.98. The van der Waals surface area contributed by atoms with Crippen LogP contribution >= 0.6 is 11.6 Å². The molecule has 152 valence electrons. The zero-order chi connectivity index (χ0) is 21.0. The van der Waals surface area contributed by atoms with Crippen molar-refractivity contribution in [3.63, 3.8) is 0 Å². The molecular weight excluding hydrogens is 397 g/mol. The predicted molar refractivity (Wildman–Crippen MR) is 112 cm³/mol. The van der Waals surface area contributed by atoms with Crippen molar-refractivity contribution in [1.29, 1.82) is 0 Å². The second-order valence-electron chi connectivity index (χ2n) is 6.63. The van der Waals surface area contributed by atoms with Crippen molar-refractivity contribution in [2.24, 2.45) is 0 Å². The van der Waals surface area contributed by atoms with Gasteiger partial charge in [0.05, 0.1) is 11.8 Å². The first kappa shape index (κ1) is 20.7. The van der Waals surface area contributed by atoms with Gasteiger partial charge in [-0.1, -0.05) is 23.7 Å². The number of ether oxygens (including phenoxy) is 1. The Bertz CT molecular complexity index is 1050. The summed E-state index contributed by atoms with van der Waals surface area (Å²) in [5, 5.41) is 5.80. The van der Waals surface area contributed by atoms with Gasteiger partial charge in [0, 0.05) is 30.9 Å². The van der Waals surface area contributed by atoms with Crippen molar-refractivity contribution in [3.8, 4) is 5.75 Å². The number of rotatable bonds is 7. The molecule has 0 saturated carbocycles. The molecule has 0 aliphatic carbocycles. The molecule has 2 aromatic carbocycles. The molecule has 2 N–H and O–H groups in total. The van der Waals surface area contributed by atoms with Gasteiger partial charge >= 0.3 is 5.63 Å². The van der Waals surface area contributed by atoms with E-state index in [0.29, 0.717) is 17.8 Å². The van der Waals surface area contributed by atoms with Crippen LogP contribution in [0, 0.1) is 5.82 Å². The second kappa shape index (κ2) is 8.96. The van der Waals surface area contributed by atoms with E-state index in [0.717, 1.165) is 11.3 Å². The molecule has 6 nitrogen and oxygen atoms in total. The minimum Gasteiger partial charge on any atom is -0.488 e. The van der Waals surface area contributed by atoms with E-state index in [2.05, 4.69) is 15.6 Å². The predicted octanol–water partition coefficient (Wildman–Crippen LogP) is 4.99. The number of benzene rings is 2. The van der Waals surface area contributed by atoms with Gasteiger partial charge in [0.25, 0.3) is 6.01 Å². The van der Waals surface area contributed by atoms with Gasteiger partial charge in [-0.2, -0.15) is 4.98 Å². The van der Waals surface area contributed by atoms with Gasteiger partial charge < -0.3 is 19.8 Å². The third kappa shape index (κ3) is 5.26. The SMILES string of the molecule is CNc1nc(Cc2ccc(Nc3ccc(OC(C)C)c(F)c3)cc2)c(Cl)c(=O)o1. The summed E-state index contributed by atoms with van der Waals surface area (Å²) in [4.78, 5) is 15.9. The standard InChI is InChI=1S/C21H21ClFN3O3/c1-12(2)28-18-9-8-15(11-16(18)23)25-14-6-4-13(5-7-14)10-17-19(22)20(27)29-21(24-3)26-17/h4-9,11-12,25H,10H2,1-3H3,(H,24,26). The van der Waals surface area contributed by atoms with Crippen molar-refractivity contribution in [2.75, 3.05) is 17.7 Å². The molecule has 0 atom stereocenters. The monoisotopic (exact) mass is 417 g/mol. The summed E-state index contributed by atoms with van der Waals surface area (Å²) in [6.07, 6.45) is 0.272. The maximum Gasteiger partial charge on any atom is 0.359 e. The van der Waals surface area contributed by atoms with E-state index in [9.17, 15) is 9.18 Å². The van der Waals surface area contributed by atoms with Crippen molar-refractivity contribution in [1.82, 2.24) is 4.98 Å².